The van der Waals surface area contributed by atoms with E-state index >= 15 is 0 Å². The Kier molecular flexibility index (Phi) is 10.0. The summed E-state index contributed by atoms with van der Waals surface area (Å²) in [7, 11) is 1.59. The number of hydrogen-bond donors (Lipinski definition) is 1. The zero-order valence-electron chi connectivity index (χ0n) is 13.1. The molecule has 120 valence electrons. The summed E-state index contributed by atoms with van der Waals surface area (Å²) in [4.78, 5) is 14.4. The fourth-order valence-corrected chi connectivity index (χ4v) is 2.07. The van der Waals surface area contributed by atoms with Crippen molar-refractivity contribution < 1.29 is 9.53 Å². The number of ether oxygens (including phenoxy) is 1. The molecule has 0 aliphatic heterocycles. The maximum absolute atomic E-state index is 12.5. The van der Waals surface area contributed by atoms with Crippen LogP contribution in [0.25, 0.3) is 0 Å². The standard InChI is InChI=1S/C16H26N2O2.ClH/c1-4-13(2)18(12-14-8-6-5-7-9-14)16(19)10-15(11-17)20-3;/h5-9,13,15H,4,10-12,17H2,1-3H3;1H. The molecule has 4 nitrogen and oxygen atoms in total. The Bertz CT molecular complexity index is 397. The lowest BCUT2D eigenvalue weighted by atomic mass is 10.1. The number of nitrogens with zero attached hydrogens (tertiary/aromatic N) is 1. The molecule has 1 aromatic rings. The van der Waals surface area contributed by atoms with Crippen LogP contribution in [0.3, 0.4) is 0 Å². The summed E-state index contributed by atoms with van der Waals surface area (Å²) in [6, 6.07) is 10.3. The SMILES string of the molecule is CCC(C)N(Cc1ccccc1)C(=O)CC(CN)OC.Cl. The lowest BCUT2D eigenvalue weighted by molar-refractivity contribution is -0.136. The van der Waals surface area contributed by atoms with Gasteiger partial charge in [-0.25, -0.2) is 0 Å². The number of carbonyl (C=O) groups excluding carboxylic acids is 1. The molecule has 1 amide bonds. The minimum atomic E-state index is -0.204. The average Bonchev–Trinajstić information content (AvgIpc) is 2.50. The lowest BCUT2D eigenvalue weighted by Crippen LogP contribution is -2.40. The number of halogens is 1. The molecule has 0 radical (unpaired) electrons. The number of rotatable bonds is 8. The molecule has 5 heteroatoms. The van der Waals surface area contributed by atoms with Crippen molar-refractivity contribution in [2.24, 2.45) is 5.73 Å². The minimum Gasteiger partial charge on any atom is -0.380 e. The predicted molar refractivity (Wildman–Crippen MR) is 88.5 cm³/mol. The molecule has 2 N–H and O–H groups in total. The number of nitrogens with two attached hydrogens (primary N) is 1. The van der Waals surface area contributed by atoms with E-state index in [0.717, 1.165) is 12.0 Å². The van der Waals surface area contributed by atoms with E-state index in [0.29, 0.717) is 19.5 Å². The zero-order chi connectivity index (χ0) is 15.0. The Labute approximate surface area is 134 Å². The quantitative estimate of drug-likeness (QED) is 0.802. The highest BCUT2D eigenvalue weighted by atomic mass is 35.5. The van der Waals surface area contributed by atoms with Crippen molar-refractivity contribution in [2.45, 2.75) is 45.4 Å². The summed E-state index contributed by atoms with van der Waals surface area (Å²) in [5, 5.41) is 0. The van der Waals surface area contributed by atoms with Crippen LogP contribution < -0.4 is 5.73 Å². The van der Waals surface area contributed by atoms with Gasteiger partial charge in [-0.3, -0.25) is 4.79 Å². The number of hydrogen-bond acceptors (Lipinski definition) is 3. The fraction of sp³-hybridized carbons (Fsp3) is 0.562. The van der Waals surface area contributed by atoms with Crippen LogP contribution in [-0.4, -0.2) is 36.6 Å². The van der Waals surface area contributed by atoms with E-state index in [2.05, 4.69) is 13.8 Å². The van der Waals surface area contributed by atoms with Crippen molar-refractivity contribution >= 4 is 18.3 Å². The molecule has 0 spiro atoms. The Hall–Kier alpha value is -1.10. The van der Waals surface area contributed by atoms with Gasteiger partial charge in [0.05, 0.1) is 12.5 Å². The third-order valence-corrected chi connectivity index (χ3v) is 3.64. The first-order chi connectivity index (χ1) is 9.62. The van der Waals surface area contributed by atoms with Crippen LogP contribution in [0.5, 0.6) is 0 Å². The van der Waals surface area contributed by atoms with Crippen molar-refractivity contribution in [3.05, 3.63) is 35.9 Å². The Balaban J connectivity index is 0.00000400. The van der Waals surface area contributed by atoms with Crippen LogP contribution >= 0.6 is 12.4 Å². The van der Waals surface area contributed by atoms with Crippen LogP contribution in [0.1, 0.15) is 32.3 Å². The summed E-state index contributed by atoms with van der Waals surface area (Å²) < 4.78 is 5.21. The van der Waals surface area contributed by atoms with E-state index in [-0.39, 0.29) is 30.5 Å². The van der Waals surface area contributed by atoms with E-state index in [9.17, 15) is 4.79 Å². The Morgan fingerprint density at radius 3 is 2.43 bits per heavy atom. The van der Waals surface area contributed by atoms with E-state index < -0.39 is 0 Å². The number of methoxy groups -OCH3 is 1. The van der Waals surface area contributed by atoms with Gasteiger partial charge in [-0.05, 0) is 18.9 Å². The van der Waals surface area contributed by atoms with Crippen molar-refractivity contribution in [1.82, 2.24) is 4.90 Å². The van der Waals surface area contributed by atoms with Gasteiger partial charge >= 0.3 is 0 Å². The smallest absolute Gasteiger partial charge is 0.225 e. The zero-order valence-corrected chi connectivity index (χ0v) is 13.9. The second-order valence-corrected chi connectivity index (χ2v) is 5.06. The van der Waals surface area contributed by atoms with Gasteiger partial charge in [0.1, 0.15) is 0 Å². The second-order valence-electron chi connectivity index (χ2n) is 5.06. The highest BCUT2D eigenvalue weighted by Gasteiger charge is 2.22. The lowest BCUT2D eigenvalue weighted by Gasteiger charge is -2.30. The first kappa shape index (κ1) is 19.9. The molecule has 0 fully saturated rings. The van der Waals surface area contributed by atoms with E-state index in [1.807, 2.05) is 35.2 Å². The van der Waals surface area contributed by atoms with Crippen molar-refractivity contribution in [3.63, 3.8) is 0 Å². The van der Waals surface area contributed by atoms with Gasteiger partial charge in [-0.2, -0.15) is 0 Å². The molecule has 1 aromatic carbocycles. The topological polar surface area (TPSA) is 55.6 Å². The summed E-state index contributed by atoms with van der Waals surface area (Å²) in [5.74, 6) is 0.0977. The number of benzene rings is 1. The van der Waals surface area contributed by atoms with Gasteiger partial charge in [0, 0.05) is 26.2 Å². The maximum atomic E-state index is 12.5. The summed E-state index contributed by atoms with van der Waals surface area (Å²) in [6.45, 7) is 5.16. The third kappa shape index (κ3) is 6.46. The molecule has 0 aliphatic carbocycles. The normalized spacial score (nSPS) is 13.1. The first-order valence-corrected chi connectivity index (χ1v) is 7.18. The van der Waals surface area contributed by atoms with Crippen molar-refractivity contribution in [3.8, 4) is 0 Å². The highest BCUT2D eigenvalue weighted by Crippen LogP contribution is 2.13. The van der Waals surface area contributed by atoms with Gasteiger partial charge in [0.2, 0.25) is 5.91 Å². The van der Waals surface area contributed by atoms with E-state index in [4.69, 9.17) is 10.5 Å². The minimum absolute atomic E-state index is 0. The van der Waals surface area contributed by atoms with Gasteiger partial charge in [0.25, 0.3) is 0 Å². The largest absolute Gasteiger partial charge is 0.380 e. The van der Waals surface area contributed by atoms with Crippen LogP contribution in [0.2, 0.25) is 0 Å². The molecule has 0 saturated heterocycles. The van der Waals surface area contributed by atoms with Gasteiger partial charge in [0.15, 0.2) is 0 Å². The van der Waals surface area contributed by atoms with Crippen LogP contribution in [-0.2, 0) is 16.1 Å². The predicted octanol–water partition coefficient (Wildman–Crippen LogP) is 2.60. The molecular formula is C16H27ClN2O2. The molecule has 0 bridgehead atoms. The van der Waals surface area contributed by atoms with Crippen LogP contribution in [0.4, 0.5) is 0 Å². The van der Waals surface area contributed by atoms with Gasteiger partial charge < -0.3 is 15.4 Å². The molecule has 0 heterocycles. The van der Waals surface area contributed by atoms with E-state index in [1.165, 1.54) is 0 Å². The fourth-order valence-electron chi connectivity index (χ4n) is 2.07. The maximum Gasteiger partial charge on any atom is 0.225 e. The molecule has 0 saturated carbocycles. The van der Waals surface area contributed by atoms with Crippen LogP contribution in [0, 0.1) is 0 Å². The van der Waals surface area contributed by atoms with Crippen LogP contribution in [0.15, 0.2) is 30.3 Å². The monoisotopic (exact) mass is 314 g/mol. The average molecular weight is 315 g/mol. The molecule has 1 rings (SSSR count). The highest BCUT2D eigenvalue weighted by molar-refractivity contribution is 5.85. The van der Waals surface area contributed by atoms with Crippen molar-refractivity contribution in [2.75, 3.05) is 13.7 Å². The number of carbonyl (C=O) groups is 1. The summed E-state index contributed by atoms with van der Waals surface area (Å²) in [5.41, 5.74) is 6.74. The molecular weight excluding hydrogens is 288 g/mol. The Morgan fingerprint density at radius 2 is 1.95 bits per heavy atom. The molecule has 21 heavy (non-hydrogen) atoms. The van der Waals surface area contributed by atoms with Gasteiger partial charge in [-0.15, -0.1) is 12.4 Å². The third-order valence-electron chi connectivity index (χ3n) is 3.64. The molecule has 2 unspecified atom stereocenters. The molecule has 2 atom stereocenters. The number of amides is 1. The first-order valence-electron chi connectivity index (χ1n) is 7.18. The van der Waals surface area contributed by atoms with Crippen molar-refractivity contribution in [1.29, 1.82) is 0 Å². The molecule has 0 aromatic heterocycles. The molecule has 0 aliphatic rings. The summed E-state index contributed by atoms with van der Waals surface area (Å²) in [6.07, 6.45) is 1.06. The second kappa shape index (κ2) is 10.6. The summed E-state index contributed by atoms with van der Waals surface area (Å²) >= 11 is 0. The Morgan fingerprint density at radius 1 is 1.33 bits per heavy atom. The van der Waals surface area contributed by atoms with Gasteiger partial charge in [-0.1, -0.05) is 37.3 Å². The van der Waals surface area contributed by atoms with E-state index in [1.54, 1.807) is 7.11 Å².